The minimum atomic E-state index is -3.59. The van der Waals surface area contributed by atoms with Crippen molar-refractivity contribution in [2.75, 3.05) is 13.2 Å². The number of nitrogens with zero attached hydrogens (tertiary/aromatic N) is 2. The molecule has 0 aliphatic rings. The number of hydrogen-bond acceptors (Lipinski definition) is 5. The van der Waals surface area contributed by atoms with Crippen molar-refractivity contribution in [3.8, 4) is 0 Å². The largest absolute Gasteiger partial charge is 0.377 e. The quantitative estimate of drug-likeness (QED) is 0.616. The molecular weight excluding hydrogens is 266 g/mol. The minimum absolute atomic E-state index is 0.00657. The van der Waals surface area contributed by atoms with Crippen LogP contribution in [0.2, 0.25) is 5.28 Å². The summed E-state index contributed by atoms with van der Waals surface area (Å²) in [5.74, 6) is 0. The van der Waals surface area contributed by atoms with Crippen LogP contribution in [0, 0.1) is 0 Å². The van der Waals surface area contributed by atoms with E-state index < -0.39 is 10.0 Å². The Morgan fingerprint density at radius 3 is 2.53 bits per heavy atom. The van der Waals surface area contributed by atoms with Crippen molar-refractivity contribution in [3.63, 3.8) is 0 Å². The molecule has 0 aromatic carbocycles. The van der Waals surface area contributed by atoms with Gasteiger partial charge in [-0.1, -0.05) is 0 Å². The number of hydrogen-bond donors (Lipinski definition) is 1. The zero-order chi connectivity index (χ0) is 12.9. The maximum atomic E-state index is 11.7. The van der Waals surface area contributed by atoms with Gasteiger partial charge in [-0.2, -0.15) is 0 Å². The lowest BCUT2D eigenvalue weighted by molar-refractivity contribution is 0.0834. The van der Waals surface area contributed by atoms with Crippen LogP contribution in [0.3, 0.4) is 0 Å². The molecule has 0 spiro atoms. The molecule has 8 heteroatoms. The lowest BCUT2D eigenvalue weighted by atomic mass is 10.5. The van der Waals surface area contributed by atoms with E-state index in [0.717, 1.165) is 12.4 Å². The van der Waals surface area contributed by atoms with E-state index in [-0.39, 0.29) is 22.8 Å². The zero-order valence-electron chi connectivity index (χ0n) is 9.55. The monoisotopic (exact) mass is 279 g/mol. The predicted octanol–water partition coefficient (Wildman–Crippen LogP) is 0.833. The third-order valence-corrected chi connectivity index (χ3v) is 3.36. The third kappa shape index (κ3) is 4.95. The normalized spacial score (nSPS) is 12.0. The second-order valence-electron chi connectivity index (χ2n) is 3.51. The van der Waals surface area contributed by atoms with E-state index in [0.29, 0.717) is 6.61 Å². The van der Waals surface area contributed by atoms with Crippen LogP contribution in [0.15, 0.2) is 17.3 Å². The highest BCUT2D eigenvalue weighted by atomic mass is 35.5. The van der Waals surface area contributed by atoms with Crippen LogP contribution in [-0.4, -0.2) is 37.6 Å². The zero-order valence-corrected chi connectivity index (χ0v) is 11.1. The summed E-state index contributed by atoms with van der Waals surface area (Å²) < 4.78 is 31.0. The molecular formula is C9H14ClN3O3S. The summed E-state index contributed by atoms with van der Waals surface area (Å²) in [6.07, 6.45) is 2.38. The molecule has 0 saturated carbocycles. The second-order valence-corrected chi connectivity index (χ2v) is 5.61. The Hall–Kier alpha value is -0.760. The molecule has 1 heterocycles. The van der Waals surface area contributed by atoms with E-state index in [1.54, 1.807) is 0 Å². The fraction of sp³-hybridized carbons (Fsp3) is 0.556. The van der Waals surface area contributed by atoms with Crippen molar-refractivity contribution < 1.29 is 13.2 Å². The molecule has 0 unspecified atom stereocenters. The van der Waals surface area contributed by atoms with E-state index in [1.165, 1.54) is 0 Å². The summed E-state index contributed by atoms with van der Waals surface area (Å²) in [5, 5.41) is 0.00657. The van der Waals surface area contributed by atoms with Crippen molar-refractivity contribution in [2.24, 2.45) is 0 Å². The topological polar surface area (TPSA) is 81.2 Å². The highest BCUT2D eigenvalue weighted by Gasteiger charge is 2.14. The molecule has 0 amide bonds. The highest BCUT2D eigenvalue weighted by Crippen LogP contribution is 2.06. The van der Waals surface area contributed by atoms with Gasteiger partial charge in [0.2, 0.25) is 15.3 Å². The van der Waals surface area contributed by atoms with Crippen molar-refractivity contribution >= 4 is 21.6 Å². The maximum Gasteiger partial charge on any atom is 0.243 e. The lowest BCUT2D eigenvalue weighted by Gasteiger charge is -2.08. The average Bonchev–Trinajstić information content (AvgIpc) is 2.25. The van der Waals surface area contributed by atoms with E-state index in [2.05, 4.69) is 14.7 Å². The summed E-state index contributed by atoms with van der Waals surface area (Å²) in [6.45, 7) is 4.26. The number of ether oxygens (including phenoxy) is 1. The number of halogens is 1. The molecule has 0 fully saturated rings. The molecule has 0 aliphatic carbocycles. The summed E-state index contributed by atoms with van der Waals surface area (Å²) >= 11 is 5.47. The number of rotatable bonds is 6. The average molecular weight is 280 g/mol. The van der Waals surface area contributed by atoms with Gasteiger partial charge in [0.15, 0.2) is 0 Å². The predicted molar refractivity (Wildman–Crippen MR) is 63.3 cm³/mol. The summed E-state index contributed by atoms with van der Waals surface area (Å²) in [6, 6.07) is 0. The Kier molecular flexibility index (Phi) is 5.26. The van der Waals surface area contributed by atoms with Gasteiger partial charge in [0, 0.05) is 6.54 Å². The molecule has 1 aromatic rings. The molecule has 0 bridgehead atoms. The van der Waals surface area contributed by atoms with Crippen LogP contribution in [0.1, 0.15) is 13.8 Å². The van der Waals surface area contributed by atoms with Gasteiger partial charge >= 0.3 is 0 Å². The Morgan fingerprint density at radius 2 is 2.00 bits per heavy atom. The van der Waals surface area contributed by atoms with E-state index in [9.17, 15) is 8.42 Å². The Balaban J connectivity index is 2.54. The van der Waals surface area contributed by atoms with Crippen molar-refractivity contribution in [2.45, 2.75) is 24.8 Å². The van der Waals surface area contributed by atoms with Crippen LogP contribution in [0.25, 0.3) is 0 Å². The van der Waals surface area contributed by atoms with Crippen LogP contribution in [0.5, 0.6) is 0 Å². The van der Waals surface area contributed by atoms with E-state index >= 15 is 0 Å². The second kappa shape index (κ2) is 6.25. The first-order valence-electron chi connectivity index (χ1n) is 5.00. The molecule has 0 radical (unpaired) electrons. The maximum absolute atomic E-state index is 11.7. The first kappa shape index (κ1) is 14.3. The van der Waals surface area contributed by atoms with Crippen molar-refractivity contribution in [1.82, 2.24) is 14.7 Å². The molecule has 1 aromatic heterocycles. The molecule has 0 saturated heterocycles. The van der Waals surface area contributed by atoms with Gasteiger partial charge in [-0.25, -0.2) is 23.1 Å². The van der Waals surface area contributed by atoms with Crippen LogP contribution < -0.4 is 4.72 Å². The minimum Gasteiger partial charge on any atom is -0.377 e. The van der Waals surface area contributed by atoms with Gasteiger partial charge in [0.05, 0.1) is 25.1 Å². The molecule has 0 atom stereocenters. The van der Waals surface area contributed by atoms with Crippen molar-refractivity contribution in [1.29, 1.82) is 0 Å². The van der Waals surface area contributed by atoms with Gasteiger partial charge in [0.25, 0.3) is 0 Å². The van der Waals surface area contributed by atoms with E-state index in [4.69, 9.17) is 16.3 Å². The van der Waals surface area contributed by atoms with Crippen LogP contribution >= 0.6 is 11.6 Å². The molecule has 17 heavy (non-hydrogen) atoms. The Labute approximate surface area is 105 Å². The van der Waals surface area contributed by atoms with Gasteiger partial charge < -0.3 is 4.74 Å². The van der Waals surface area contributed by atoms with Gasteiger partial charge in [0.1, 0.15) is 4.90 Å². The highest BCUT2D eigenvalue weighted by molar-refractivity contribution is 7.89. The van der Waals surface area contributed by atoms with Gasteiger partial charge in [-0.15, -0.1) is 0 Å². The SMILES string of the molecule is CC(C)OCCNS(=O)(=O)c1cnc(Cl)nc1. The number of sulfonamides is 1. The Morgan fingerprint density at radius 1 is 1.41 bits per heavy atom. The summed E-state index contributed by atoms with van der Waals surface area (Å²) in [5.41, 5.74) is 0. The smallest absolute Gasteiger partial charge is 0.243 e. The molecule has 6 nitrogen and oxygen atoms in total. The fourth-order valence-corrected chi connectivity index (χ4v) is 1.99. The van der Waals surface area contributed by atoms with Crippen LogP contribution in [0.4, 0.5) is 0 Å². The standard InChI is InChI=1S/C9H14ClN3O3S/c1-7(2)16-4-3-13-17(14,15)8-5-11-9(10)12-6-8/h5-7,13H,3-4H2,1-2H3. The first-order chi connectivity index (χ1) is 7.92. The lowest BCUT2D eigenvalue weighted by Crippen LogP contribution is -2.28. The molecule has 0 aliphatic heterocycles. The fourth-order valence-electron chi connectivity index (χ4n) is 0.993. The number of nitrogens with one attached hydrogen (secondary N) is 1. The van der Waals surface area contributed by atoms with E-state index in [1.807, 2.05) is 13.8 Å². The Bertz CT molecular complexity index is 447. The van der Waals surface area contributed by atoms with Crippen molar-refractivity contribution in [3.05, 3.63) is 17.7 Å². The van der Waals surface area contributed by atoms with Gasteiger partial charge in [-0.05, 0) is 25.4 Å². The molecule has 1 rings (SSSR count). The molecule has 96 valence electrons. The summed E-state index contributed by atoms with van der Waals surface area (Å²) in [7, 11) is -3.59. The van der Waals surface area contributed by atoms with Crippen LogP contribution in [-0.2, 0) is 14.8 Å². The first-order valence-corrected chi connectivity index (χ1v) is 6.87. The third-order valence-electron chi connectivity index (χ3n) is 1.75. The summed E-state index contributed by atoms with van der Waals surface area (Å²) in [4.78, 5) is 7.19. The number of aromatic nitrogens is 2. The molecule has 1 N–H and O–H groups in total. The van der Waals surface area contributed by atoms with Gasteiger partial charge in [-0.3, -0.25) is 0 Å².